The number of ether oxygens (including phenoxy) is 3. The third kappa shape index (κ3) is 7.19. The third-order valence-corrected chi connectivity index (χ3v) is 4.16. The minimum atomic E-state index is 0.567. The minimum Gasteiger partial charge on any atom is -0.493 e. The zero-order valence-electron chi connectivity index (χ0n) is 18.0. The van der Waals surface area contributed by atoms with Gasteiger partial charge in [0.2, 0.25) is 0 Å². The first kappa shape index (κ1) is 22.4. The number of aliphatic imine (C=N–C) groups is 1. The summed E-state index contributed by atoms with van der Waals surface area (Å²) in [7, 11) is 7.43. The highest BCUT2D eigenvalue weighted by atomic mass is 16.5. The normalized spacial score (nSPS) is 11.3. The van der Waals surface area contributed by atoms with Gasteiger partial charge in [-0.05, 0) is 39.2 Å². The topological polar surface area (TPSA) is 67.3 Å². The first-order valence-electron chi connectivity index (χ1n) is 9.71. The molecule has 0 aliphatic rings. The summed E-state index contributed by atoms with van der Waals surface area (Å²) in [5.41, 5.74) is 1.93. The van der Waals surface area contributed by atoms with Crippen molar-refractivity contribution in [1.29, 1.82) is 0 Å². The molecule has 7 heteroatoms. The maximum Gasteiger partial charge on any atom is 0.195 e. The highest BCUT2D eigenvalue weighted by Gasteiger charge is 2.08. The number of hydrogen-bond acceptors (Lipinski definition) is 5. The van der Waals surface area contributed by atoms with Crippen LogP contribution in [-0.4, -0.2) is 58.9 Å². The average Bonchev–Trinajstić information content (AvgIpc) is 2.72. The van der Waals surface area contributed by atoms with Crippen molar-refractivity contribution < 1.29 is 14.2 Å². The molecule has 0 aliphatic heterocycles. The van der Waals surface area contributed by atoms with Gasteiger partial charge in [-0.15, -0.1) is 0 Å². The van der Waals surface area contributed by atoms with Crippen LogP contribution in [0.3, 0.4) is 0 Å². The number of para-hydroxylation sites is 1. The second kappa shape index (κ2) is 11.8. The molecule has 0 atom stereocenters. The van der Waals surface area contributed by atoms with Gasteiger partial charge in [0.1, 0.15) is 12.4 Å². The van der Waals surface area contributed by atoms with E-state index in [-0.39, 0.29) is 0 Å². The molecule has 0 fully saturated rings. The summed E-state index contributed by atoms with van der Waals surface area (Å²) in [5, 5.41) is 6.61. The minimum absolute atomic E-state index is 0.567. The van der Waals surface area contributed by atoms with Crippen LogP contribution in [0, 0.1) is 0 Å². The monoisotopic (exact) mass is 400 g/mol. The fourth-order valence-electron chi connectivity index (χ4n) is 2.65. The van der Waals surface area contributed by atoms with Crippen LogP contribution in [0.5, 0.6) is 17.2 Å². The lowest BCUT2D eigenvalue weighted by Crippen LogP contribution is -2.30. The molecule has 158 valence electrons. The lowest BCUT2D eigenvalue weighted by molar-refractivity contribution is 0.259. The highest BCUT2D eigenvalue weighted by molar-refractivity contribution is 5.93. The first-order valence-corrected chi connectivity index (χ1v) is 9.71. The second-order valence-corrected chi connectivity index (χ2v) is 6.61. The maximum atomic E-state index is 5.93. The molecule has 7 nitrogen and oxygen atoms in total. The summed E-state index contributed by atoms with van der Waals surface area (Å²) in [4.78, 5) is 6.40. The Kier molecular flexibility index (Phi) is 9.11. The van der Waals surface area contributed by atoms with Gasteiger partial charge in [0.05, 0.1) is 13.7 Å². The molecule has 0 spiro atoms. The molecule has 2 N–H and O–H groups in total. The van der Waals surface area contributed by atoms with Gasteiger partial charge < -0.3 is 29.7 Å². The Bertz CT molecular complexity index is 793. The van der Waals surface area contributed by atoms with E-state index >= 15 is 0 Å². The largest absolute Gasteiger partial charge is 0.493 e. The van der Waals surface area contributed by atoms with E-state index in [4.69, 9.17) is 14.2 Å². The van der Waals surface area contributed by atoms with Crippen molar-refractivity contribution in [2.45, 2.75) is 13.5 Å². The summed E-state index contributed by atoms with van der Waals surface area (Å²) < 4.78 is 16.9. The van der Waals surface area contributed by atoms with Gasteiger partial charge in [-0.2, -0.15) is 0 Å². The molecule has 0 radical (unpaired) electrons. The van der Waals surface area contributed by atoms with Gasteiger partial charge >= 0.3 is 0 Å². The van der Waals surface area contributed by atoms with Crippen LogP contribution in [0.2, 0.25) is 0 Å². The highest BCUT2D eigenvalue weighted by Crippen LogP contribution is 2.30. The molecule has 0 amide bonds. The van der Waals surface area contributed by atoms with Crippen LogP contribution in [-0.2, 0) is 6.54 Å². The predicted octanol–water partition coefficient (Wildman–Crippen LogP) is 3.22. The summed E-state index contributed by atoms with van der Waals surface area (Å²) in [6, 6.07) is 13.7. The molecule has 0 unspecified atom stereocenters. The van der Waals surface area contributed by atoms with Crippen molar-refractivity contribution >= 4 is 11.6 Å². The Morgan fingerprint density at radius 3 is 2.52 bits per heavy atom. The fraction of sp³-hybridized carbons (Fsp3) is 0.409. The van der Waals surface area contributed by atoms with Crippen LogP contribution < -0.4 is 24.8 Å². The van der Waals surface area contributed by atoms with Crippen molar-refractivity contribution in [3.8, 4) is 17.2 Å². The number of benzene rings is 2. The molecule has 0 saturated carbocycles. The van der Waals surface area contributed by atoms with E-state index in [1.165, 1.54) is 0 Å². The molecule has 29 heavy (non-hydrogen) atoms. The summed E-state index contributed by atoms with van der Waals surface area (Å²) in [5.74, 6) is 2.92. The zero-order valence-corrected chi connectivity index (χ0v) is 18.0. The van der Waals surface area contributed by atoms with E-state index < -0.39 is 0 Å². The van der Waals surface area contributed by atoms with Crippen LogP contribution in [0.4, 0.5) is 5.69 Å². The summed E-state index contributed by atoms with van der Waals surface area (Å²) >= 11 is 0. The lowest BCUT2D eigenvalue weighted by Gasteiger charge is -2.17. The van der Waals surface area contributed by atoms with E-state index in [1.807, 2.05) is 63.5 Å². The Balaban J connectivity index is 2.00. The Morgan fingerprint density at radius 1 is 1.03 bits per heavy atom. The number of likely N-dealkylation sites (N-methyl/N-ethyl adjacent to an activating group) is 1. The molecule has 0 aromatic heterocycles. The Morgan fingerprint density at radius 2 is 1.83 bits per heavy atom. The van der Waals surface area contributed by atoms with E-state index in [9.17, 15) is 0 Å². The molecule has 2 aromatic rings. The van der Waals surface area contributed by atoms with Crippen molar-refractivity contribution in [2.75, 3.05) is 53.3 Å². The molecule has 0 bridgehead atoms. The van der Waals surface area contributed by atoms with Crippen LogP contribution in [0.25, 0.3) is 0 Å². The molecule has 2 aromatic carbocycles. The van der Waals surface area contributed by atoms with Gasteiger partial charge in [-0.1, -0.05) is 18.2 Å². The SMILES string of the molecule is CCOc1cc(NC(=NC)NCc2ccccc2OCCN(C)C)ccc1OC. The Labute approximate surface area is 173 Å². The number of anilines is 1. The number of methoxy groups -OCH3 is 1. The van der Waals surface area contributed by atoms with Gasteiger partial charge in [0, 0.05) is 37.5 Å². The number of rotatable bonds is 10. The molecule has 2 rings (SSSR count). The van der Waals surface area contributed by atoms with E-state index in [1.54, 1.807) is 14.2 Å². The second-order valence-electron chi connectivity index (χ2n) is 6.61. The maximum absolute atomic E-state index is 5.93. The fourth-order valence-corrected chi connectivity index (χ4v) is 2.65. The Hall–Kier alpha value is -2.93. The average molecular weight is 401 g/mol. The number of nitrogens with one attached hydrogen (secondary N) is 2. The zero-order chi connectivity index (χ0) is 21.1. The number of hydrogen-bond donors (Lipinski definition) is 2. The van der Waals surface area contributed by atoms with Gasteiger partial charge in [0.15, 0.2) is 17.5 Å². The van der Waals surface area contributed by atoms with E-state index in [0.717, 1.165) is 23.5 Å². The van der Waals surface area contributed by atoms with Gasteiger partial charge in [0.25, 0.3) is 0 Å². The lowest BCUT2D eigenvalue weighted by atomic mass is 10.2. The quantitative estimate of drug-likeness (QED) is 0.472. The van der Waals surface area contributed by atoms with Crippen LogP contribution in [0.1, 0.15) is 12.5 Å². The molecule has 0 aliphatic carbocycles. The molecule has 0 heterocycles. The van der Waals surface area contributed by atoms with Crippen molar-refractivity contribution in [3.63, 3.8) is 0 Å². The number of nitrogens with zero attached hydrogens (tertiary/aromatic N) is 2. The van der Waals surface area contributed by atoms with Crippen molar-refractivity contribution in [1.82, 2.24) is 10.2 Å². The van der Waals surface area contributed by atoms with Crippen LogP contribution >= 0.6 is 0 Å². The van der Waals surface area contributed by atoms with Crippen molar-refractivity contribution in [2.24, 2.45) is 4.99 Å². The van der Waals surface area contributed by atoms with E-state index in [0.29, 0.717) is 37.2 Å². The predicted molar refractivity (Wildman–Crippen MR) is 118 cm³/mol. The third-order valence-electron chi connectivity index (χ3n) is 4.16. The summed E-state index contributed by atoms with van der Waals surface area (Å²) in [6.45, 7) is 4.61. The first-order chi connectivity index (χ1) is 14.1. The van der Waals surface area contributed by atoms with Crippen molar-refractivity contribution in [3.05, 3.63) is 48.0 Å². The van der Waals surface area contributed by atoms with Gasteiger partial charge in [-0.25, -0.2) is 0 Å². The summed E-state index contributed by atoms with van der Waals surface area (Å²) in [6.07, 6.45) is 0. The smallest absolute Gasteiger partial charge is 0.195 e. The standard InChI is InChI=1S/C22H32N4O3/c1-6-28-21-15-18(11-12-20(21)27-5)25-22(23-2)24-16-17-9-7-8-10-19(17)29-14-13-26(3)4/h7-12,15H,6,13-14,16H2,1-5H3,(H2,23,24,25). The van der Waals surface area contributed by atoms with E-state index in [2.05, 4.69) is 20.5 Å². The molecular formula is C22H32N4O3. The van der Waals surface area contributed by atoms with Gasteiger partial charge in [-0.3, -0.25) is 4.99 Å². The van der Waals surface area contributed by atoms with Crippen LogP contribution in [0.15, 0.2) is 47.5 Å². The number of guanidine groups is 1. The molecule has 0 saturated heterocycles. The molecular weight excluding hydrogens is 368 g/mol.